The average Bonchev–Trinajstić information content (AvgIpc) is 2.66. The molecule has 0 saturated carbocycles. The number of sulfonamides is 1. The van der Waals surface area contributed by atoms with E-state index in [9.17, 15) is 26.4 Å². The zero-order valence-corrected chi connectivity index (χ0v) is 17.7. The second-order valence-electron chi connectivity index (χ2n) is 6.82. The molecule has 0 spiro atoms. The second kappa shape index (κ2) is 8.74. The van der Waals surface area contributed by atoms with E-state index in [4.69, 9.17) is 23.2 Å². The lowest BCUT2D eigenvalue weighted by atomic mass is 9.97. The molecule has 1 heterocycles. The van der Waals surface area contributed by atoms with Gasteiger partial charge in [-0.25, -0.2) is 8.42 Å². The van der Waals surface area contributed by atoms with Gasteiger partial charge in [0.15, 0.2) is 0 Å². The first kappa shape index (κ1) is 22.9. The third-order valence-electron chi connectivity index (χ3n) is 4.77. The maximum Gasteiger partial charge on any atom is 0.417 e. The number of nitrogens with one attached hydrogen (secondary N) is 1. The molecule has 30 heavy (non-hydrogen) atoms. The summed E-state index contributed by atoms with van der Waals surface area (Å²) < 4.78 is 66.2. The Hall–Kier alpha value is -1.81. The molecule has 1 fully saturated rings. The van der Waals surface area contributed by atoms with Crippen LogP contribution in [-0.4, -0.2) is 31.7 Å². The fraction of sp³-hybridized carbons (Fsp3) is 0.316. The van der Waals surface area contributed by atoms with Crippen LogP contribution in [0.15, 0.2) is 47.4 Å². The lowest BCUT2D eigenvalue weighted by molar-refractivity contribution is -0.139. The number of hydrogen-bond acceptors (Lipinski definition) is 3. The SMILES string of the molecule is O=C(Nc1cc(Cl)cc(Cl)c1)C1CCN(S(=O)(=O)c2ccccc2C(F)(F)F)CC1. The van der Waals surface area contributed by atoms with Crippen molar-refractivity contribution in [3.05, 3.63) is 58.1 Å². The minimum absolute atomic E-state index is 0.0666. The van der Waals surface area contributed by atoms with Gasteiger partial charge in [-0.1, -0.05) is 35.3 Å². The van der Waals surface area contributed by atoms with Gasteiger partial charge in [-0.3, -0.25) is 4.79 Å². The van der Waals surface area contributed by atoms with Crippen LogP contribution in [0.2, 0.25) is 10.0 Å². The molecule has 5 nitrogen and oxygen atoms in total. The number of benzene rings is 2. The van der Waals surface area contributed by atoms with Crippen LogP contribution in [0.1, 0.15) is 18.4 Å². The number of alkyl halides is 3. The van der Waals surface area contributed by atoms with Crippen molar-refractivity contribution in [2.45, 2.75) is 23.9 Å². The molecule has 0 bridgehead atoms. The summed E-state index contributed by atoms with van der Waals surface area (Å²) >= 11 is 11.8. The number of halogens is 5. The van der Waals surface area contributed by atoms with Crippen LogP contribution in [0.25, 0.3) is 0 Å². The van der Waals surface area contributed by atoms with Crippen molar-refractivity contribution >= 4 is 44.8 Å². The molecular weight excluding hydrogens is 464 g/mol. The highest BCUT2D eigenvalue weighted by atomic mass is 35.5. The van der Waals surface area contributed by atoms with Gasteiger partial charge in [0, 0.05) is 34.7 Å². The molecule has 0 aromatic heterocycles. The van der Waals surface area contributed by atoms with E-state index in [2.05, 4.69) is 5.32 Å². The van der Waals surface area contributed by atoms with Crippen molar-refractivity contribution in [1.82, 2.24) is 4.31 Å². The first-order valence-electron chi connectivity index (χ1n) is 8.92. The first-order chi connectivity index (χ1) is 14.0. The van der Waals surface area contributed by atoms with Gasteiger partial charge in [0.1, 0.15) is 0 Å². The molecule has 162 valence electrons. The molecule has 0 unspecified atom stereocenters. The number of anilines is 1. The number of amides is 1. The summed E-state index contributed by atoms with van der Waals surface area (Å²) in [7, 11) is -4.35. The van der Waals surface area contributed by atoms with Gasteiger partial charge in [-0.2, -0.15) is 17.5 Å². The minimum Gasteiger partial charge on any atom is -0.326 e. The van der Waals surface area contributed by atoms with Gasteiger partial charge < -0.3 is 5.32 Å². The van der Waals surface area contributed by atoms with Gasteiger partial charge in [0.05, 0.1) is 10.5 Å². The van der Waals surface area contributed by atoms with E-state index in [-0.39, 0.29) is 31.8 Å². The summed E-state index contributed by atoms with van der Waals surface area (Å²) in [6, 6.07) is 8.64. The Morgan fingerprint density at radius 1 is 1.03 bits per heavy atom. The third-order valence-corrected chi connectivity index (χ3v) is 7.16. The molecule has 1 aliphatic rings. The van der Waals surface area contributed by atoms with E-state index in [1.165, 1.54) is 24.3 Å². The van der Waals surface area contributed by atoms with E-state index in [1.807, 2.05) is 0 Å². The Labute approximate surface area is 181 Å². The highest BCUT2D eigenvalue weighted by molar-refractivity contribution is 7.89. The monoisotopic (exact) mass is 480 g/mol. The van der Waals surface area contributed by atoms with Crippen LogP contribution in [-0.2, 0) is 21.0 Å². The zero-order valence-electron chi connectivity index (χ0n) is 15.4. The van der Waals surface area contributed by atoms with Crippen LogP contribution in [0, 0.1) is 5.92 Å². The molecule has 1 amide bonds. The van der Waals surface area contributed by atoms with Crippen molar-refractivity contribution in [1.29, 1.82) is 0 Å². The lowest BCUT2D eigenvalue weighted by Gasteiger charge is -2.31. The zero-order chi connectivity index (χ0) is 22.1. The molecule has 0 atom stereocenters. The fourth-order valence-corrected chi connectivity index (χ4v) is 5.50. The lowest BCUT2D eigenvalue weighted by Crippen LogP contribution is -2.41. The Kier molecular flexibility index (Phi) is 6.66. The molecule has 1 saturated heterocycles. The summed E-state index contributed by atoms with van der Waals surface area (Å²) in [5, 5.41) is 3.38. The van der Waals surface area contributed by atoms with Gasteiger partial charge in [0.2, 0.25) is 15.9 Å². The van der Waals surface area contributed by atoms with Crippen molar-refractivity contribution in [3.63, 3.8) is 0 Å². The molecule has 2 aromatic carbocycles. The summed E-state index contributed by atoms with van der Waals surface area (Å²) in [4.78, 5) is 11.7. The van der Waals surface area contributed by atoms with Crippen LogP contribution in [0.3, 0.4) is 0 Å². The van der Waals surface area contributed by atoms with E-state index < -0.39 is 32.6 Å². The van der Waals surface area contributed by atoms with E-state index in [0.29, 0.717) is 15.7 Å². The summed E-state index contributed by atoms with van der Waals surface area (Å²) in [5.74, 6) is -0.826. The standard InChI is InChI=1S/C19H17Cl2F3N2O3S/c20-13-9-14(21)11-15(10-13)25-18(27)12-5-7-26(8-6-12)30(28,29)17-4-2-1-3-16(17)19(22,23)24/h1-4,9-12H,5-8H2,(H,25,27). The Bertz CT molecular complexity index is 1030. The first-order valence-corrected chi connectivity index (χ1v) is 11.1. The highest BCUT2D eigenvalue weighted by Gasteiger charge is 2.40. The van der Waals surface area contributed by atoms with Crippen molar-refractivity contribution in [3.8, 4) is 0 Å². The molecule has 2 aromatic rings. The smallest absolute Gasteiger partial charge is 0.326 e. The predicted octanol–water partition coefficient (Wildman–Crippen LogP) is 5.05. The van der Waals surface area contributed by atoms with E-state index >= 15 is 0 Å². The molecule has 1 aliphatic heterocycles. The van der Waals surface area contributed by atoms with Crippen molar-refractivity contribution in [2.24, 2.45) is 5.92 Å². The van der Waals surface area contributed by atoms with E-state index in [0.717, 1.165) is 22.5 Å². The second-order valence-corrected chi connectivity index (χ2v) is 9.60. The molecule has 1 N–H and O–H groups in total. The Balaban J connectivity index is 1.70. The summed E-state index contributed by atoms with van der Waals surface area (Å²) in [5.41, 5.74) is -0.797. The van der Waals surface area contributed by atoms with Crippen LogP contribution < -0.4 is 5.32 Å². The van der Waals surface area contributed by atoms with Crippen LogP contribution in [0.5, 0.6) is 0 Å². The normalized spacial score (nSPS) is 16.4. The number of hydrogen-bond donors (Lipinski definition) is 1. The van der Waals surface area contributed by atoms with E-state index in [1.54, 1.807) is 0 Å². The molecular formula is C19H17Cl2F3N2O3S. The number of carbonyl (C=O) groups is 1. The molecule has 0 radical (unpaired) electrons. The predicted molar refractivity (Wildman–Crippen MR) is 108 cm³/mol. The minimum atomic E-state index is -4.79. The molecule has 11 heteroatoms. The number of nitrogens with zero attached hydrogens (tertiary/aromatic N) is 1. The number of piperidine rings is 1. The number of carbonyl (C=O) groups excluding carboxylic acids is 1. The Morgan fingerprint density at radius 3 is 2.17 bits per heavy atom. The maximum atomic E-state index is 13.2. The number of rotatable bonds is 4. The topological polar surface area (TPSA) is 66.5 Å². The van der Waals surface area contributed by atoms with Crippen LogP contribution in [0.4, 0.5) is 18.9 Å². The molecule has 3 rings (SSSR count). The Morgan fingerprint density at radius 2 is 1.60 bits per heavy atom. The summed E-state index contributed by atoms with van der Waals surface area (Å²) in [6.45, 7) is -0.133. The summed E-state index contributed by atoms with van der Waals surface area (Å²) in [6.07, 6.45) is -4.44. The largest absolute Gasteiger partial charge is 0.417 e. The van der Waals surface area contributed by atoms with Gasteiger partial charge in [-0.15, -0.1) is 0 Å². The molecule has 0 aliphatic carbocycles. The highest BCUT2D eigenvalue weighted by Crippen LogP contribution is 2.36. The van der Waals surface area contributed by atoms with Gasteiger partial charge >= 0.3 is 6.18 Å². The maximum absolute atomic E-state index is 13.2. The van der Waals surface area contributed by atoms with Gasteiger partial charge in [0.25, 0.3) is 0 Å². The third kappa shape index (κ3) is 5.08. The fourth-order valence-electron chi connectivity index (χ4n) is 3.29. The van der Waals surface area contributed by atoms with Crippen molar-refractivity contribution in [2.75, 3.05) is 18.4 Å². The quantitative estimate of drug-likeness (QED) is 0.665. The van der Waals surface area contributed by atoms with Crippen LogP contribution >= 0.6 is 23.2 Å². The van der Waals surface area contributed by atoms with Gasteiger partial charge in [-0.05, 0) is 43.2 Å². The van der Waals surface area contributed by atoms with Crippen molar-refractivity contribution < 1.29 is 26.4 Å². The average molecular weight is 481 g/mol.